The van der Waals surface area contributed by atoms with E-state index in [1.54, 1.807) is 38.1 Å². The second kappa shape index (κ2) is 6.23. The molecule has 1 aliphatic carbocycles. The quantitative estimate of drug-likeness (QED) is 0.421. The zero-order chi connectivity index (χ0) is 15.6. The molecule has 0 spiro atoms. The standard InChI is InChI=1S/C15H13Br2NO3/c1-9-8-11(19)15(2,17)13(16)12(9)18-21-14(20)10-6-4-3-5-7-10/h3-8,13H,1-2H3/b18-12+. The fourth-order valence-electron chi connectivity index (χ4n) is 1.83. The van der Waals surface area contributed by atoms with E-state index in [9.17, 15) is 9.59 Å². The minimum atomic E-state index is -0.815. The first kappa shape index (κ1) is 16.1. The number of carbonyl (C=O) groups excluding carboxylic acids is 2. The van der Waals surface area contributed by atoms with Crippen LogP contribution in [0.4, 0.5) is 0 Å². The summed E-state index contributed by atoms with van der Waals surface area (Å²) in [6.07, 6.45) is 1.49. The summed E-state index contributed by atoms with van der Waals surface area (Å²) in [7, 11) is 0. The van der Waals surface area contributed by atoms with Crippen LogP contribution in [-0.4, -0.2) is 26.6 Å². The van der Waals surface area contributed by atoms with E-state index in [0.717, 1.165) is 0 Å². The SMILES string of the molecule is CC1=CC(=O)C(C)(Br)C(Br)/C1=N/OC(=O)c1ccccc1. The highest BCUT2D eigenvalue weighted by Crippen LogP contribution is 2.36. The topological polar surface area (TPSA) is 55.7 Å². The molecule has 0 saturated carbocycles. The van der Waals surface area contributed by atoms with E-state index in [0.29, 0.717) is 16.8 Å². The van der Waals surface area contributed by atoms with Gasteiger partial charge in [0.1, 0.15) is 4.32 Å². The average Bonchev–Trinajstić information content (AvgIpc) is 2.46. The number of nitrogens with zero attached hydrogens (tertiary/aromatic N) is 1. The molecule has 2 atom stereocenters. The number of hydrogen-bond donors (Lipinski definition) is 0. The Morgan fingerprint density at radius 3 is 2.57 bits per heavy atom. The zero-order valence-corrected chi connectivity index (χ0v) is 14.6. The zero-order valence-electron chi connectivity index (χ0n) is 11.5. The summed E-state index contributed by atoms with van der Waals surface area (Å²) in [6.45, 7) is 3.50. The van der Waals surface area contributed by atoms with Crippen LogP contribution in [0.5, 0.6) is 0 Å². The first-order chi connectivity index (χ1) is 9.84. The normalized spacial score (nSPS) is 27.4. The molecule has 1 aromatic carbocycles. The summed E-state index contributed by atoms with van der Waals surface area (Å²) in [6, 6.07) is 8.60. The number of oxime groups is 1. The van der Waals surface area contributed by atoms with E-state index in [1.165, 1.54) is 6.08 Å². The Morgan fingerprint density at radius 2 is 1.95 bits per heavy atom. The highest BCUT2D eigenvalue weighted by Gasteiger charge is 2.43. The molecular weight excluding hydrogens is 402 g/mol. The lowest BCUT2D eigenvalue weighted by atomic mass is 9.88. The number of alkyl halides is 2. The Labute approximate surface area is 139 Å². The Balaban J connectivity index is 2.23. The van der Waals surface area contributed by atoms with Crippen molar-refractivity contribution in [1.82, 2.24) is 0 Å². The van der Waals surface area contributed by atoms with E-state index < -0.39 is 10.3 Å². The van der Waals surface area contributed by atoms with Gasteiger partial charge in [0.25, 0.3) is 0 Å². The van der Waals surface area contributed by atoms with E-state index in [-0.39, 0.29) is 10.6 Å². The van der Waals surface area contributed by atoms with Crippen molar-refractivity contribution in [1.29, 1.82) is 0 Å². The molecule has 0 fully saturated rings. The van der Waals surface area contributed by atoms with Gasteiger partial charge in [-0.05, 0) is 37.6 Å². The van der Waals surface area contributed by atoms with Crippen molar-refractivity contribution in [2.75, 3.05) is 0 Å². The molecule has 110 valence electrons. The van der Waals surface area contributed by atoms with Gasteiger partial charge in [-0.3, -0.25) is 4.79 Å². The number of carbonyl (C=O) groups is 2. The van der Waals surface area contributed by atoms with Crippen LogP contribution in [0.2, 0.25) is 0 Å². The smallest absolute Gasteiger partial charge is 0.312 e. The molecule has 21 heavy (non-hydrogen) atoms. The number of allylic oxidation sites excluding steroid dienone is 2. The molecule has 0 amide bonds. The first-order valence-electron chi connectivity index (χ1n) is 6.24. The van der Waals surface area contributed by atoms with Crippen LogP contribution < -0.4 is 0 Å². The van der Waals surface area contributed by atoms with E-state index >= 15 is 0 Å². The average molecular weight is 415 g/mol. The van der Waals surface area contributed by atoms with E-state index in [4.69, 9.17) is 4.84 Å². The minimum Gasteiger partial charge on any atom is -0.312 e. The number of ketones is 1. The summed E-state index contributed by atoms with van der Waals surface area (Å²) in [5, 5.41) is 3.92. The van der Waals surface area contributed by atoms with Gasteiger partial charge in [0.15, 0.2) is 5.78 Å². The van der Waals surface area contributed by atoms with Crippen molar-refractivity contribution in [2.24, 2.45) is 5.16 Å². The molecule has 0 aromatic heterocycles. The van der Waals surface area contributed by atoms with Crippen LogP contribution in [-0.2, 0) is 9.63 Å². The molecular formula is C15H13Br2NO3. The predicted molar refractivity (Wildman–Crippen MR) is 88.1 cm³/mol. The predicted octanol–water partition coefficient (Wildman–Crippen LogP) is 3.65. The number of benzene rings is 1. The maximum absolute atomic E-state index is 11.9. The number of halogens is 2. The monoisotopic (exact) mass is 413 g/mol. The Hall–Kier alpha value is -1.27. The van der Waals surface area contributed by atoms with Crippen molar-refractivity contribution in [2.45, 2.75) is 23.0 Å². The summed E-state index contributed by atoms with van der Waals surface area (Å²) < 4.78 is -0.815. The van der Waals surface area contributed by atoms with Gasteiger partial charge in [0.2, 0.25) is 0 Å². The lowest BCUT2D eigenvalue weighted by molar-refractivity contribution is -0.116. The number of hydrogen-bond acceptors (Lipinski definition) is 4. The van der Waals surface area contributed by atoms with Crippen molar-refractivity contribution in [3.05, 3.63) is 47.5 Å². The Bertz CT molecular complexity index is 636. The van der Waals surface area contributed by atoms with Gasteiger partial charge in [0.05, 0.1) is 16.1 Å². The molecule has 0 saturated heterocycles. The summed E-state index contributed by atoms with van der Waals surface area (Å²) in [5.41, 5.74) is 1.60. The number of rotatable bonds is 2. The fraction of sp³-hybridized carbons (Fsp3) is 0.267. The lowest BCUT2D eigenvalue weighted by Crippen LogP contribution is -2.45. The Morgan fingerprint density at radius 1 is 1.33 bits per heavy atom. The largest absolute Gasteiger partial charge is 0.365 e. The van der Waals surface area contributed by atoms with Crippen LogP contribution in [0.25, 0.3) is 0 Å². The Kier molecular flexibility index (Phi) is 4.78. The first-order valence-corrected chi connectivity index (χ1v) is 7.95. The van der Waals surface area contributed by atoms with Crippen LogP contribution in [0.3, 0.4) is 0 Å². The molecule has 0 radical (unpaired) electrons. The molecule has 0 bridgehead atoms. The van der Waals surface area contributed by atoms with Gasteiger partial charge in [-0.25, -0.2) is 4.79 Å². The van der Waals surface area contributed by atoms with Crippen LogP contribution in [0, 0.1) is 0 Å². The molecule has 0 aliphatic heterocycles. The van der Waals surface area contributed by atoms with E-state index in [2.05, 4.69) is 37.0 Å². The third kappa shape index (κ3) is 3.32. The third-order valence-corrected chi connectivity index (χ3v) is 6.00. The van der Waals surface area contributed by atoms with Crippen molar-refractivity contribution >= 4 is 49.3 Å². The molecule has 4 nitrogen and oxygen atoms in total. The third-order valence-electron chi connectivity index (χ3n) is 3.19. The van der Waals surface area contributed by atoms with Crippen molar-refractivity contribution < 1.29 is 14.4 Å². The van der Waals surface area contributed by atoms with Crippen molar-refractivity contribution in [3.8, 4) is 0 Å². The highest BCUT2D eigenvalue weighted by molar-refractivity contribution is 9.13. The van der Waals surface area contributed by atoms with Crippen LogP contribution in [0.1, 0.15) is 24.2 Å². The van der Waals surface area contributed by atoms with Crippen molar-refractivity contribution in [3.63, 3.8) is 0 Å². The van der Waals surface area contributed by atoms with Gasteiger partial charge in [-0.2, -0.15) is 0 Å². The maximum atomic E-state index is 11.9. The minimum absolute atomic E-state index is 0.0600. The molecule has 0 N–H and O–H groups in total. The molecule has 0 heterocycles. The van der Waals surface area contributed by atoms with Gasteiger partial charge in [-0.15, -0.1) is 0 Å². The van der Waals surface area contributed by atoms with Gasteiger partial charge < -0.3 is 4.84 Å². The molecule has 2 rings (SSSR count). The molecule has 6 heteroatoms. The van der Waals surface area contributed by atoms with Crippen LogP contribution in [0.15, 0.2) is 47.1 Å². The summed E-state index contributed by atoms with van der Waals surface area (Å²) in [5.74, 6) is -0.598. The maximum Gasteiger partial charge on any atom is 0.365 e. The highest BCUT2D eigenvalue weighted by atomic mass is 79.9. The van der Waals surface area contributed by atoms with E-state index in [1.807, 2.05) is 6.07 Å². The molecule has 2 unspecified atom stereocenters. The van der Waals surface area contributed by atoms with Gasteiger partial charge in [0, 0.05) is 0 Å². The van der Waals surface area contributed by atoms with Gasteiger partial charge in [-0.1, -0.05) is 55.2 Å². The fourth-order valence-corrected chi connectivity index (χ4v) is 2.83. The second-order valence-corrected chi connectivity index (χ2v) is 7.41. The second-order valence-electron chi connectivity index (χ2n) is 4.85. The summed E-state index contributed by atoms with van der Waals surface area (Å²) in [4.78, 5) is 28.4. The van der Waals surface area contributed by atoms with Gasteiger partial charge >= 0.3 is 5.97 Å². The lowest BCUT2D eigenvalue weighted by Gasteiger charge is -2.30. The molecule has 1 aromatic rings. The van der Waals surface area contributed by atoms with Crippen LogP contribution >= 0.6 is 31.9 Å². The molecule has 1 aliphatic rings. The summed E-state index contributed by atoms with van der Waals surface area (Å²) >= 11 is 6.81.